The molecule has 0 atom stereocenters. The first kappa shape index (κ1) is 9.26. The van der Waals surface area contributed by atoms with E-state index in [2.05, 4.69) is 0 Å². The fourth-order valence-corrected chi connectivity index (χ4v) is 1.17. The lowest BCUT2D eigenvalue weighted by molar-refractivity contribution is 0.627. The molecule has 0 bridgehead atoms. The van der Waals surface area contributed by atoms with E-state index in [9.17, 15) is 4.39 Å². The monoisotopic (exact) mass is 183 g/mol. The van der Waals surface area contributed by atoms with Gasteiger partial charge in [-0.3, -0.25) is 5.41 Å². The molecule has 64 valence electrons. The van der Waals surface area contributed by atoms with Gasteiger partial charge in [0.25, 0.3) is 0 Å². The molecule has 12 heavy (non-hydrogen) atoms. The van der Waals surface area contributed by atoms with E-state index >= 15 is 0 Å². The Morgan fingerprint density at radius 3 is 2.50 bits per heavy atom. The Morgan fingerprint density at radius 1 is 1.42 bits per heavy atom. The molecule has 1 rings (SSSR count). The minimum atomic E-state index is -0.227. The van der Waals surface area contributed by atoms with Gasteiger partial charge in [0, 0.05) is 6.42 Å². The van der Waals surface area contributed by atoms with Crippen molar-refractivity contribution in [3.63, 3.8) is 0 Å². The van der Waals surface area contributed by atoms with Gasteiger partial charge in [-0.05, 0) is 24.0 Å². The SMILES string of the molecule is CSC(=N)Cc1ccc(F)cc1. The summed E-state index contributed by atoms with van der Waals surface area (Å²) in [5.41, 5.74) is 0.982. The summed E-state index contributed by atoms with van der Waals surface area (Å²) in [5, 5.41) is 8.00. The minimum absolute atomic E-state index is 0.227. The van der Waals surface area contributed by atoms with Gasteiger partial charge in [-0.1, -0.05) is 12.1 Å². The molecule has 1 aromatic carbocycles. The number of hydrogen-bond donors (Lipinski definition) is 1. The van der Waals surface area contributed by atoms with Crippen LogP contribution in [-0.4, -0.2) is 11.3 Å². The Labute approximate surface area is 75.5 Å². The summed E-state index contributed by atoms with van der Waals surface area (Å²) in [6.45, 7) is 0. The number of hydrogen-bond acceptors (Lipinski definition) is 2. The molecule has 0 aliphatic heterocycles. The zero-order chi connectivity index (χ0) is 8.97. The lowest BCUT2D eigenvalue weighted by Crippen LogP contribution is -1.94. The molecule has 0 aliphatic carbocycles. The van der Waals surface area contributed by atoms with Gasteiger partial charge < -0.3 is 0 Å². The van der Waals surface area contributed by atoms with Gasteiger partial charge in [-0.2, -0.15) is 0 Å². The molecule has 0 amide bonds. The second-order valence-corrected chi connectivity index (χ2v) is 3.33. The van der Waals surface area contributed by atoms with Crippen LogP contribution in [-0.2, 0) is 6.42 Å². The third-order valence-corrected chi connectivity index (χ3v) is 2.16. The third kappa shape index (κ3) is 2.66. The van der Waals surface area contributed by atoms with Gasteiger partial charge in [-0.15, -0.1) is 11.8 Å². The van der Waals surface area contributed by atoms with Gasteiger partial charge in [0.15, 0.2) is 0 Å². The van der Waals surface area contributed by atoms with Gasteiger partial charge in [0.05, 0.1) is 5.04 Å². The van der Waals surface area contributed by atoms with E-state index in [4.69, 9.17) is 5.41 Å². The van der Waals surface area contributed by atoms with Crippen molar-refractivity contribution in [2.75, 3.05) is 6.26 Å². The second-order valence-electron chi connectivity index (χ2n) is 2.43. The van der Waals surface area contributed by atoms with Gasteiger partial charge >= 0.3 is 0 Å². The summed E-state index contributed by atoms with van der Waals surface area (Å²) >= 11 is 1.41. The molecule has 0 saturated heterocycles. The Bertz CT molecular complexity index is 268. The van der Waals surface area contributed by atoms with Gasteiger partial charge in [0.2, 0.25) is 0 Å². The first-order valence-corrected chi connectivity index (χ1v) is 4.80. The zero-order valence-electron chi connectivity index (χ0n) is 6.80. The van der Waals surface area contributed by atoms with Crippen LogP contribution < -0.4 is 0 Å². The number of benzene rings is 1. The van der Waals surface area contributed by atoms with E-state index in [0.717, 1.165) is 5.56 Å². The normalized spacial score (nSPS) is 9.83. The first-order chi connectivity index (χ1) is 5.72. The first-order valence-electron chi connectivity index (χ1n) is 3.58. The average Bonchev–Trinajstić information content (AvgIpc) is 2.09. The van der Waals surface area contributed by atoms with Crippen molar-refractivity contribution in [2.24, 2.45) is 0 Å². The largest absolute Gasteiger partial charge is 0.298 e. The fourth-order valence-electron chi connectivity index (χ4n) is 0.860. The van der Waals surface area contributed by atoms with Crippen molar-refractivity contribution in [3.05, 3.63) is 35.6 Å². The van der Waals surface area contributed by atoms with E-state index in [0.29, 0.717) is 11.5 Å². The van der Waals surface area contributed by atoms with Crippen LogP contribution in [0.4, 0.5) is 4.39 Å². The van der Waals surface area contributed by atoms with Crippen LogP contribution in [0.2, 0.25) is 0 Å². The molecule has 3 heteroatoms. The molecule has 0 radical (unpaired) electrons. The molecular weight excluding hydrogens is 173 g/mol. The molecule has 1 aromatic rings. The molecule has 0 aromatic heterocycles. The standard InChI is InChI=1S/C9H10FNS/c1-12-9(11)6-7-2-4-8(10)5-3-7/h2-5,11H,6H2,1H3. The topological polar surface area (TPSA) is 23.9 Å². The molecule has 0 fully saturated rings. The summed E-state index contributed by atoms with van der Waals surface area (Å²) in [5.74, 6) is -0.227. The fraction of sp³-hybridized carbons (Fsp3) is 0.222. The summed E-state index contributed by atoms with van der Waals surface area (Å²) in [6, 6.07) is 6.26. The van der Waals surface area contributed by atoms with Crippen LogP contribution >= 0.6 is 11.8 Å². The number of nitrogens with one attached hydrogen (secondary N) is 1. The van der Waals surface area contributed by atoms with Gasteiger partial charge in [-0.25, -0.2) is 4.39 Å². The maximum atomic E-state index is 12.4. The number of halogens is 1. The van der Waals surface area contributed by atoms with Crippen LogP contribution in [0.15, 0.2) is 24.3 Å². The van der Waals surface area contributed by atoms with Crippen molar-refractivity contribution < 1.29 is 4.39 Å². The average molecular weight is 183 g/mol. The van der Waals surface area contributed by atoms with Crippen molar-refractivity contribution in [2.45, 2.75) is 6.42 Å². The van der Waals surface area contributed by atoms with E-state index in [1.165, 1.54) is 23.9 Å². The number of thioether (sulfide) groups is 1. The Hall–Kier alpha value is -0.830. The Balaban J connectivity index is 2.64. The molecule has 0 aliphatic rings. The molecule has 0 unspecified atom stereocenters. The maximum Gasteiger partial charge on any atom is 0.123 e. The summed E-state index contributed by atoms with van der Waals surface area (Å²) < 4.78 is 12.4. The van der Waals surface area contributed by atoms with Crippen LogP contribution in [0.5, 0.6) is 0 Å². The van der Waals surface area contributed by atoms with E-state index in [1.54, 1.807) is 12.1 Å². The third-order valence-electron chi connectivity index (χ3n) is 1.52. The highest BCUT2D eigenvalue weighted by atomic mass is 32.2. The smallest absolute Gasteiger partial charge is 0.123 e. The minimum Gasteiger partial charge on any atom is -0.298 e. The molecule has 0 heterocycles. The second kappa shape index (κ2) is 4.26. The highest BCUT2D eigenvalue weighted by Crippen LogP contribution is 2.07. The summed E-state index contributed by atoms with van der Waals surface area (Å²) in [7, 11) is 0. The van der Waals surface area contributed by atoms with Crippen molar-refractivity contribution in [3.8, 4) is 0 Å². The van der Waals surface area contributed by atoms with Crippen molar-refractivity contribution >= 4 is 16.8 Å². The molecule has 1 N–H and O–H groups in total. The number of rotatable bonds is 2. The van der Waals surface area contributed by atoms with Crippen LogP contribution in [0.3, 0.4) is 0 Å². The highest BCUT2D eigenvalue weighted by Gasteiger charge is 1.97. The lowest BCUT2D eigenvalue weighted by Gasteiger charge is -1.99. The van der Waals surface area contributed by atoms with E-state index in [1.807, 2.05) is 6.26 Å². The zero-order valence-corrected chi connectivity index (χ0v) is 7.62. The van der Waals surface area contributed by atoms with Crippen molar-refractivity contribution in [1.82, 2.24) is 0 Å². The molecule has 1 nitrogen and oxygen atoms in total. The van der Waals surface area contributed by atoms with Crippen LogP contribution in [0.25, 0.3) is 0 Å². The lowest BCUT2D eigenvalue weighted by atomic mass is 10.2. The predicted molar refractivity (Wildman–Crippen MR) is 51.3 cm³/mol. The molecule has 0 spiro atoms. The summed E-state index contributed by atoms with van der Waals surface area (Å²) in [6.07, 6.45) is 2.47. The Morgan fingerprint density at radius 2 is 2.00 bits per heavy atom. The molecular formula is C9H10FNS. The van der Waals surface area contributed by atoms with Crippen LogP contribution in [0.1, 0.15) is 5.56 Å². The van der Waals surface area contributed by atoms with Crippen molar-refractivity contribution in [1.29, 1.82) is 5.41 Å². The summed E-state index contributed by atoms with van der Waals surface area (Å²) in [4.78, 5) is 0. The highest BCUT2D eigenvalue weighted by molar-refractivity contribution is 8.13. The van der Waals surface area contributed by atoms with E-state index < -0.39 is 0 Å². The maximum absolute atomic E-state index is 12.4. The Kier molecular flexibility index (Phi) is 3.29. The quantitative estimate of drug-likeness (QED) is 0.553. The van der Waals surface area contributed by atoms with Gasteiger partial charge in [0.1, 0.15) is 5.82 Å². The predicted octanol–water partition coefficient (Wildman–Crippen LogP) is 2.71. The van der Waals surface area contributed by atoms with E-state index in [-0.39, 0.29) is 5.82 Å². The molecule has 0 saturated carbocycles. The van der Waals surface area contributed by atoms with Crippen LogP contribution in [0, 0.1) is 11.2 Å².